The Labute approximate surface area is 105 Å². The molecule has 0 spiro atoms. The lowest BCUT2D eigenvalue weighted by Crippen LogP contribution is -1.81. The molecule has 2 rings (SSSR count). The molecular weight excluding hydrogens is 238 g/mol. The molecule has 0 N–H and O–H groups in total. The summed E-state index contributed by atoms with van der Waals surface area (Å²) < 4.78 is 0. The van der Waals surface area contributed by atoms with Crippen LogP contribution in [0, 0.1) is 6.92 Å². The molecule has 1 aromatic heterocycles. The molecule has 0 fully saturated rings. The molecule has 1 nitrogen and oxygen atoms in total. The van der Waals surface area contributed by atoms with Crippen LogP contribution in [0.4, 0.5) is 0 Å². The lowest BCUT2D eigenvalue weighted by molar-refractivity contribution is 0.852. The zero-order valence-corrected chi connectivity index (χ0v) is 11.2. The van der Waals surface area contributed by atoms with E-state index in [0.29, 0.717) is 5.92 Å². The number of hydrogen-bond acceptors (Lipinski definition) is 2. The minimum absolute atomic E-state index is 0.475. The lowest BCUT2D eigenvalue weighted by atomic mass is 10.1. The first kappa shape index (κ1) is 11.6. The zero-order chi connectivity index (χ0) is 11.7. The maximum atomic E-state index is 6.23. The van der Waals surface area contributed by atoms with Gasteiger partial charge in [-0.1, -0.05) is 37.6 Å². The van der Waals surface area contributed by atoms with E-state index >= 15 is 0 Å². The number of aryl methyl sites for hydroxylation is 1. The molecule has 1 heterocycles. The Morgan fingerprint density at radius 1 is 1.31 bits per heavy atom. The summed E-state index contributed by atoms with van der Waals surface area (Å²) in [7, 11) is 0. The van der Waals surface area contributed by atoms with Crippen LogP contribution in [0.15, 0.2) is 24.4 Å². The molecule has 0 atom stereocenters. The van der Waals surface area contributed by atoms with Gasteiger partial charge in [0.15, 0.2) is 0 Å². The summed E-state index contributed by atoms with van der Waals surface area (Å²) in [6.07, 6.45) is 1.91. The predicted molar refractivity (Wildman–Crippen MR) is 71.4 cm³/mol. The third-order valence-electron chi connectivity index (χ3n) is 2.41. The molecule has 16 heavy (non-hydrogen) atoms. The predicted octanol–water partition coefficient (Wildman–Crippen LogP) is 4.90. The van der Waals surface area contributed by atoms with Crippen LogP contribution in [-0.2, 0) is 0 Å². The van der Waals surface area contributed by atoms with Crippen molar-refractivity contribution in [3.8, 4) is 10.4 Å². The summed E-state index contributed by atoms with van der Waals surface area (Å²) in [6, 6.07) is 6.14. The summed E-state index contributed by atoms with van der Waals surface area (Å²) in [6.45, 7) is 6.35. The van der Waals surface area contributed by atoms with Gasteiger partial charge >= 0.3 is 0 Å². The second-order valence-electron chi connectivity index (χ2n) is 4.20. The maximum Gasteiger partial charge on any atom is 0.0956 e. The third-order valence-corrected chi connectivity index (χ3v) is 4.05. The Kier molecular flexibility index (Phi) is 3.31. The highest BCUT2D eigenvalue weighted by Gasteiger charge is 2.10. The van der Waals surface area contributed by atoms with Crippen LogP contribution >= 0.6 is 22.9 Å². The molecule has 0 amide bonds. The third kappa shape index (κ3) is 2.28. The normalized spacial score (nSPS) is 11.1. The zero-order valence-electron chi connectivity index (χ0n) is 9.62. The maximum absolute atomic E-state index is 6.23. The molecule has 0 aliphatic carbocycles. The van der Waals surface area contributed by atoms with Crippen molar-refractivity contribution in [2.24, 2.45) is 0 Å². The SMILES string of the molecule is Cc1ccc(-c2cnc(C(C)C)s2)c(Cl)c1. The van der Waals surface area contributed by atoms with E-state index in [9.17, 15) is 0 Å². The number of halogens is 1. The second-order valence-corrected chi connectivity index (χ2v) is 5.67. The minimum Gasteiger partial charge on any atom is -0.249 e. The van der Waals surface area contributed by atoms with Gasteiger partial charge < -0.3 is 0 Å². The van der Waals surface area contributed by atoms with E-state index in [-0.39, 0.29) is 0 Å². The highest BCUT2D eigenvalue weighted by molar-refractivity contribution is 7.15. The minimum atomic E-state index is 0.475. The van der Waals surface area contributed by atoms with Crippen molar-refractivity contribution in [3.63, 3.8) is 0 Å². The van der Waals surface area contributed by atoms with E-state index in [2.05, 4.69) is 31.0 Å². The number of hydrogen-bond donors (Lipinski definition) is 0. The van der Waals surface area contributed by atoms with Gasteiger partial charge in [0.05, 0.1) is 9.88 Å². The van der Waals surface area contributed by atoms with E-state index in [1.54, 1.807) is 11.3 Å². The molecule has 0 saturated heterocycles. The van der Waals surface area contributed by atoms with Crippen molar-refractivity contribution >= 4 is 22.9 Å². The fourth-order valence-electron chi connectivity index (χ4n) is 1.50. The number of nitrogens with zero attached hydrogens (tertiary/aromatic N) is 1. The standard InChI is InChI=1S/C13H14ClNS/c1-8(2)13-15-7-12(16-13)10-5-4-9(3)6-11(10)14/h4-8H,1-3H3. The highest BCUT2D eigenvalue weighted by Crippen LogP contribution is 2.34. The van der Waals surface area contributed by atoms with Crippen LogP contribution in [0.5, 0.6) is 0 Å². The summed E-state index contributed by atoms with van der Waals surface area (Å²) >= 11 is 7.95. The number of benzene rings is 1. The number of rotatable bonds is 2. The quantitative estimate of drug-likeness (QED) is 0.740. The van der Waals surface area contributed by atoms with E-state index in [0.717, 1.165) is 20.5 Å². The molecule has 3 heteroatoms. The van der Waals surface area contributed by atoms with E-state index < -0.39 is 0 Å². The van der Waals surface area contributed by atoms with E-state index in [1.165, 1.54) is 5.56 Å². The largest absolute Gasteiger partial charge is 0.249 e. The summed E-state index contributed by atoms with van der Waals surface area (Å²) in [5, 5.41) is 1.96. The van der Waals surface area contributed by atoms with E-state index in [1.807, 2.05) is 19.2 Å². The van der Waals surface area contributed by atoms with Crippen molar-refractivity contribution in [1.82, 2.24) is 4.98 Å². The first-order valence-corrected chi connectivity index (χ1v) is 6.49. The monoisotopic (exact) mass is 251 g/mol. The van der Waals surface area contributed by atoms with Gasteiger partial charge in [-0.2, -0.15) is 0 Å². The van der Waals surface area contributed by atoms with Crippen LogP contribution < -0.4 is 0 Å². The molecule has 84 valence electrons. The first-order valence-electron chi connectivity index (χ1n) is 5.30. The smallest absolute Gasteiger partial charge is 0.0956 e. The van der Waals surface area contributed by atoms with Crippen LogP contribution in [0.3, 0.4) is 0 Å². The molecule has 0 unspecified atom stereocenters. The van der Waals surface area contributed by atoms with Crippen molar-refractivity contribution in [2.45, 2.75) is 26.7 Å². The summed E-state index contributed by atoms with van der Waals surface area (Å²) in [5.74, 6) is 0.475. The van der Waals surface area contributed by atoms with Gasteiger partial charge in [0.25, 0.3) is 0 Å². The fourth-order valence-corrected chi connectivity index (χ4v) is 2.85. The Morgan fingerprint density at radius 2 is 2.06 bits per heavy atom. The molecule has 0 saturated carbocycles. The van der Waals surface area contributed by atoms with Gasteiger partial charge in [0, 0.05) is 22.7 Å². The van der Waals surface area contributed by atoms with Crippen LogP contribution in [0.25, 0.3) is 10.4 Å². The number of aromatic nitrogens is 1. The molecule has 2 aromatic rings. The topological polar surface area (TPSA) is 12.9 Å². The summed E-state index contributed by atoms with van der Waals surface area (Å²) in [4.78, 5) is 5.56. The van der Waals surface area contributed by atoms with Gasteiger partial charge in [-0.15, -0.1) is 11.3 Å². The van der Waals surface area contributed by atoms with Crippen molar-refractivity contribution in [1.29, 1.82) is 0 Å². The van der Waals surface area contributed by atoms with E-state index in [4.69, 9.17) is 11.6 Å². The average molecular weight is 252 g/mol. The molecule has 0 aliphatic heterocycles. The van der Waals surface area contributed by atoms with Gasteiger partial charge in [-0.05, 0) is 18.6 Å². The second kappa shape index (κ2) is 4.56. The number of thiazole rings is 1. The van der Waals surface area contributed by atoms with Crippen molar-refractivity contribution in [3.05, 3.63) is 40.0 Å². The average Bonchev–Trinajstić information content (AvgIpc) is 2.66. The Balaban J connectivity index is 2.42. The van der Waals surface area contributed by atoms with Crippen LogP contribution in [0.1, 0.15) is 30.3 Å². The van der Waals surface area contributed by atoms with Gasteiger partial charge in [0.2, 0.25) is 0 Å². The molecule has 0 aliphatic rings. The highest BCUT2D eigenvalue weighted by atomic mass is 35.5. The molecule has 1 aromatic carbocycles. The Bertz CT molecular complexity index is 502. The van der Waals surface area contributed by atoms with Gasteiger partial charge in [-0.3, -0.25) is 0 Å². The Hall–Kier alpha value is -0.860. The fraction of sp³-hybridized carbons (Fsp3) is 0.308. The van der Waals surface area contributed by atoms with Crippen LogP contribution in [-0.4, -0.2) is 4.98 Å². The molecular formula is C13H14ClNS. The molecule has 0 radical (unpaired) electrons. The lowest BCUT2D eigenvalue weighted by Gasteiger charge is -2.02. The van der Waals surface area contributed by atoms with Gasteiger partial charge in [-0.25, -0.2) is 4.98 Å². The Morgan fingerprint density at radius 3 is 2.62 bits per heavy atom. The summed E-state index contributed by atoms with van der Waals surface area (Å²) in [5.41, 5.74) is 2.26. The van der Waals surface area contributed by atoms with Crippen LogP contribution in [0.2, 0.25) is 5.02 Å². The molecule has 0 bridgehead atoms. The van der Waals surface area contributed by atoms with Gasteiger partial charge in [0.1, 0.15) is 0 Å². The van der Waals surface area contributed by atoms with Crippen molar-refractivity contribution < 1.29 is 0 Å². The first-order chi connectivity index (χ1) is 7.58. The van der Waals surface area contributed by atoms with Crippen molar-refractivity contribution in [2.75, 3.05) is 0 Å².